The fourth-order valence-corrected chi connectivity index (χ4v) is 3.30. The Morgan fingerprint density at radius 1 is 1.04 bits per heavy atom. The fraction of sp³-hybridized carbons (Fsp3) is 0.318. The first-order valence-corrected chi connectivity index (χ1v) is 9.54. The second-order valence-corrected chi connectivity index (χ2v) is 6.65. The van der Waals surface area contributed by atoms with Gasteiger partial charge in [-0.25, -0.2) is 0 Å². The summed E-state index contributed by atoms with van der Waals surface area (Å²) in [6.07, 6.45) is 2.67. The molecule has 2 aromatic carbocycles. The van der Waals surface area contributed by atoms with E-state index in [1.54, 1.807) is 31.2 Å². The SMILES string of the molecule is CCOC(=O)CC(=O)Nc1ccc(C(=O)N2CCCCc3ccccc32)cc1. The monoisotopic (exact) mass is 380 g/mol. The van der Waals surface area contributed by atoms with Crippen LogP contribution in [0.2, 0.25) is 0 Å². The Labute approximate surface area is 164 Å². The molecule has 0 unspecified atom stereocenters. The zero-order valence-corrected chi connectivity index (χ0v) is 15.9. The average molecular weight is 380 g/mol. The summed E-state index contributed by atoms with van der Waals surface area (Å²) in [6.45, 7) is 2.62. The molecule has 0 aromatic heterocycles. The van der Waals surface area contributed by atoms with Gasteiger partial charge in [0.2, 0.25) is 5.91 Å². The van der Waals surface area contributed by atoms with E-state index in [9.17, 15) is 14.4 Å². The molecule has 0 radical (unpaired) electrons. The van der Waals surface area contributed by atoms with Gasteiger partial charge in [-0.2, -0.15) is 0 Å². The highest BCUT2D eigenvalue weighted by molar-refractivity contribution is 6.07. The molecule has 0 saturated carbocycles. The molecule has 0 aliphatic carbocycles. The first-order chi connectivity index (χ1) is 13.6. The summed E-state index contributed by atoms with van der Waals surface area (Å²) in [6, 6.07) is 14.7. The van der Waals surface area contributed by atoms with Gasteiger partial charge in [-0.05, 0) is 62.1 Å². The third kappa shape index (κ3) is 4.76. The number of aryl methyl sites for hydroxylation is 1. The van der Waals surface area contributed by atoms with Crippen molar-refractivity contribution < 1.29 is 19.1 Å². The van der Waals surface area contributed by atoms with Gasteiger partial charge in [-0.15, -0.1) is 0 Å². The van der Waals surface area contributed by atoms with Crippen LogP contribution in [0.3, 0.4) is 0 Å². The maximum Gasteiger partial charge on any atom is 0.315 e. The van der Waals surface area contributed by atoms with Crippen LogP contribution in [0.25, 0.3) is 0 Å². The van der Waals surface area contributed by atoms with E-state index in [4.69, 9.17) is 4.74 Å². The van der Waals surface area contributed by atoms with Crippen molar-refractivity contribution in [2.45, 2.75) is 32.6 Å². The highest BCUT2D eigenvalue weighted by Gasteiger charge is 2.22. The minimum atomic E-state index is -0.563. The van der Waals surface area contributed by atoms with Crippen LogP contribution >= 0.6 is 0 Å². The van der Waals surface area contributed by atoms with Gasteiger partial charge in [0, 0.05) is 23.5 Å². The number of ether oxygens (including phenoxy) is 1. The molecule has 0 bridgehead atoms. The topological polar surface area (TPSA) is 75.7 Å². The van der Waals surface area contributed by atoms with E-state index in [0.717, 1.165) is 24.9 Å². The number of esters is 1. The first-order valence-electron chi connectivity index (χ1n) is 9.54. The summed E-state index contributed by atoms with van der Waals surface area (Å²) >= 11 is 0. The molecule has 1 aliphatic rings. The molecule has 1 heterocycles. The number of carbonyl (C=O) groups excluding carboxylic acids is 3. The number of hydrogen-bond acceptors (Lipinski definition) is 4. The van der Waals surface area contributed by atoms with Gasteiger partial charge in [-0.1, -0.05) is 18.2 Å². The zero-order valence-electron chi connectivity index (χ0n) is 15.9. The summed E-state index contributed by atoms with van der Waals surface area (Å²) in [5, 5.41) is 2.64. The molecule has 2 aromatic rings. The van der Waals surface area contributed by atoms with Gasteiger partial charge in [0.05, 0.1) is 6.61 Å². The molecule has 0 atom stereocenters. The summed E-state index contributed by atoms with van der Waals surface area (Å²) in [5.74, 6) is -1.07. The van der Waals surface area contributed by atoms with Gasteiger partial charge in [-0.3, -0.25) is 14.4 Å². The highest BCUT2D eigenvalue weighted by atomic mass is 16.5. The van der Waals surface area contributed by atoms with Crippen LogP contribution in [0.4, 0.5) is 11.4 Å². The van der Waals surface area contributed by atoms with Crippen molar-refractivity contribution in [1.82, 2.24) is 0 Å². The lowest BCUT2D eigenvalue weighted by molar-refractivity contribution is -0.145. The number of carbonyl (C=O) groups is 3. The predicted molar refractivity (Wildman–Crippen MR) is 107 cm³/mol. The Hall–Kier alpha value is -3.15. The Morgan fingerprint density at radius 3 is 2.54 bits per heavy atom. The number of amides is 2. The summed E-state index contributed by atoms with van der Waals surface area (Å²) in [5.41, 5.74) is 3.25. The molecule has 2 amide bonds. The van der Waals surface area contributed by atoms with E-state index < -0.39 is 11.9 Å². The van der Waals surface area contributed by atoms with Gasteiger partial charge in [0.15, 0.2) is 0 Å². The normalized spacial score (nSPS) is 13.2. The van der Waals surface area contributed by atoms with Crippen molar-refractivity contribution in [3.05, 3.63) is 59.7 Å². The molecular formula is C22H24N2O4. The average Bonchev–Trinajstić information content (AvgIpc) is 2.90. The predicted octanol–water partition coefficient (Wildman–Crippen LogP) is 3.56. The van der Waals surface area contributed by atoms with E-state index in [1.165, 1.54) is 5.56 Å². The maximum absolute atomic E-state index is 13.0. The molecule has 1 N–H and O–H groups in total. The van der Waals surface area contributed by atoms with Crippen LogP contribution < -0.4 is 10.2 Å². The molecule has 0 fully saturated rings. The molecule has 1 aliphatic heterocycles. The quantitative estimate of drug-likeness (QED) is 0.636. The minimum absolute atomic E-state index is 0.0567. The van der Waals surface area contributed by atoms with Crippen molar-refractivity contribution in [3.63, 3.8) is 0 Å². The van der Waals surface area contributed by atoms with E-state index >= 15 is 0 Å². The number of nitrogens with one attached hydrogen (secondary N) is 1. The molecule has 28 heavy (non-hydrogen) atoms. The lowest BCUT2D eigenvalue weighted by atomic mass is 10.1. The standard InChI is InChI=1S/C22H24N2O4/c1-2-28-21(26)15-20(25)23-18-12-10-17(11-13-18)22(27)24-14-6-5-8-16-7-3-4-9-19(16)24/h3-4,7,9-13H,2,5-6,8,14-15H2,1H3,(H,23,25). The van der Waals surface area contributed by atoms with Crippen molar-refractivity contribution in [1.29, 1.82) is 0 Å². The number of para-hydroxylation sites is 1. The lowest BCUT2D eigenvalue weighted by Gasteiger charge is -2.23. The third-order valence-corrected chi connectivity index (χ3v) is 4.63. The van der Waals surface area contributed by atoms with E-state index in [1.807, 2.05) is 23.1 Å². The Morgan fingerprint density at radius 2 is 1.79 bits per heavy atom. The maximum atomic E-state index is 13.0. The second-order valence-electron chi connectivity index (χ2n) is 6.65. The van der Waals surface area contributed by atoms with Gasteiger partial charge in [0.25, 0.3) is 5.91 Å². The Bertz CT molecular complexity index is 861. The van der Waals surface area contributed by atoms with Crippen molar-refractivity contribution in [3.8, 4) is 0 Å². The van der Waals surface area contributed by atoms with Crippen molar-refractivity contribution in [2.75, 3.05) is 23.4 Å². The van der Waals surface area contributed by atoms with Crippen LogP contribution in [0, 0.1) is 0 Å². The van der Waals surface area contributed by atoms with Gasteiger partial charge < -0.3 is 15.0 Å². The Kier molecular flexibility index (Phi) is 6.42. The summed E-state index contributed by atoms with van der Waals surface area (Å²) in [7, 11) is 0. The minimum Gasteiger partial charge on any atom is -0.466 e. The van der Waals surface area contributed by atoms with Gasteiger partial charge >= 0.3 is 5.97 Å². The molecule has 6 nitrogen and oxygen atoms in total. The smallest absolute Gasteiger partial charge is 0.315 e. The molecule has 0 spiro atoms. The number of benzene rings is 2. The summed E-state index contributed by atoms with van der Waals surface area (Å²) < 4.78 is 4.76. The van der Waals surface area contributed by atoms with Crippen LogP contribution in [-0.4, -0.2) is 30.9 Å². The number of anilines is 2. The second kappa shape index (κ2) is 9.17. The first kappa shape index (κ1) is 19.6. The highest BCUT2D eigenvalue weighted by Crippen LogP contribution is 2.27. The zero-order chi connectivity index (χ0) is 19.9. The van der Waals surface area contributed by atoms with Crippen LogP contribution in [-0.2, 0) is 20.7 Å². The molecular weight excluding hydrogens is 356 g/mol. The molecule has 0 saturated heterocycles. The van der Waals surface area contributed by atoms with Crippen LogP contribution in [0.5, 0.6) is 0 Å². The van der Waals surface area contributed by atoms with Crippen LogP contribution in [0.15, 0.2) is 48.5 Å². The molecule has 146 valence electrons. The van der Waals surface area contributed by atoms with Crippen molar-refractivity contribution >= 4 is 29.2 Å². The van der Waals surface area contributed by atoms with Gasteiger partial charge in [0.1, 0.15) is 6.42 Å². The Balaban J connectivity index is 1.69. The van der Waals surface area contributed by atoms with E-state index in [2.05, 4.69) is 11.4 Å². The number of rotatable bonds is 5. The van der Waals surface area contributed by atoms with E-state index in [-0.39, 0.29) is 18.9 Å². The molecule has 3 rings (SSSR count). The third-order valence-electron chi connectivity index (χ3n) is 4.63. The fourth-order valence-electron chi connectivity index (χ4n) is 3.30. The van der Waals surface area contributed by atoms with Crippen LogP contribution in [0.1, 0.15) is 42.1 Å². The lowest BCUT2D eigenvalue weighted by Crippen LogP contribution is -2.31. The summed E-state index contributed by atoms with van der Waals surface area (Å²) in [4.78, 5) is 38.1. The van der Waals surface area contributed by atoms with Crippen molar-refractivity contribution in [2.24, 2.45) is 0 Å². The number of fused-ring (bicyclic) bond motifs is 1. The molecule has 6 heteroatoms. The largest absolute Gasteiger partial charge is 0.466 e. The number of nitrogens with zero attached hydrogens (tertiary/aromatic N) is 1. The number of hydrogen-bond donors (Lipinski definition) is 1. The van der Waals surface area contributed by atoms with E-state index in [0.29, 0.717) is 17.8 Å².